The molecule has 1 N–H and O–H groups in total. The Morgan fingerprint density at radius 1 is 1.14 bits per heavy atom. The van der Waals surface area contributed by atoms with Gasteiger partial charge >= 0.3 is 0 Å². The maximum Gasteiger partial charge on any atom is 0.248 e. The minimum absolute atomic E-state index is 0.100. The topological polar surface area (TPSA) is 61.2 Å². The summed E-state index contributed by atoms with van der Waals surface area (Å²) in [6, 6.07) is 6.21. The summed E-state index contributed by atoms with van der Waals surface area (Å²) in [4.78, 5) is 0.173. The van der Waals surface area contributed by atoms with Crippen molar-refractivity contribution in [3.05, 3.63) is 35.6 Å². The Labute approximate surface area is 123 Å². The van der Waals surface area contributed by atoms with Crippen LogP contribution in [0.3, 0.4) is 0 Å². The monoisotopic (exact) mass is 315 g/mol. The first-order valence-corrected chi connectivity index (χ1v) is 8.37. The minimum Gasteiger partial charge on any atom is -0.674 e. The van der Waals surface area contributed by atoms with Gasteiger partial charge in [0, 0.05) is 25.9 Å². The van der Waals surface area contributed by atoms with Crippen molar-refractivity contribution in [1.29, 1.82) is 0 Å². The molecule has 3 rings (SSSR count). The van der Waals surface area contributed by atoms with Crippen molar-refractivity contribution < 1.29 is 17.2 Å². The van der Waals surface area contributed by atoms with Gasteiger partial charge in [-0.05, 0) is 24.0 Å². The molecule has 1 aliphatic heterocycles. The number of alkyl halides is 2. The molecule has 2 atom stereocenters. The molecule has 1 aromatic carbocycles. The molecule has 1 heterocycles. The van der Waals surface area contributed by atoms with Crippen LogP contribution in [0.1, 0.15) is 18.4 Å². The van der Waals surface area contributed by atoms with Gasteiger partial charge in [0.1, 0.15) is 0 Å². The van der Waals surface area contributed by atoms with E-state index < -0.39 is 15.9 Å². The van der Waals surface area contributed by atoms with E-state index in [1.807, 2.05) is 0 Å². The number of benzene rings is 1. The van der Waals surface area contributed by atoms with E-state index in [1.54, 1.807) is 12.1 Å². The Kier molecular flexibility index (Phi) is 3.54. The Morgan fingerprint density at radius 3 is 2.14 bits per heavy atom. The summed E-state index contributed by atoms with van der Waals surface area (Å²) in [7, 11) is -3.62. The standard InChI is InChI=1S/C14H17F2N2O2S/c15-14(16)5-11-8-18(9-12(11)6-14)21(19,20)13-3-1-10(7-17)2-4-13/h1-4,11-12,17H,5-9H2/q-1/t11-,12+. The van der Waals surface area contributed by atoms with Gasteiger partial charge in [-0.2, -0.15) is 4.31 Å². The molecule has 0 aromatic heterocycles. The van der Waals surface area contributed by atoms with E-state index >= 15 is 0 Å². The summed E-state index contributed by atoms with van der Waals surface area (Å²) in [6.45, 7) is 0.467. The zero-order valence-corrected chi connectivity index (χ0v) is 12.2. The summed E-state index contributed by atoms with van der Waals surface area (Å²) < 4.78 is 53.0. The highest BCUT2D eigenvalue weighted by molar-refractivity contribution is 7.89. The fourth-order valence-corrected chi connectivity index (χ4v) is 4.89. The summed E-state index contributed by atoms with van der Waals surface area (Å²) in [6.07, 6.45) is -0.414. The molecule has 21 heavy (non-hydrogen) atoms. The molecule has 0 radical (unpaired) electrons. The van der Waals surface area contributed by atoms with Crippen LogP contribution in [-0.2, 0) is 16.6 Å². The lowest BCUT2D eigenvalue weighted by molar-refractivity contribution is -0.000617. The maximum absolute atomic E-state index is 13.3. The van der Waals surface area contributed by atoms with Crippen LogP contribution in [0.15, 0.2) is 29.2 Å². The minimum atomic E-state index is -3.62. The summed E-state index contributed by atoms with van der Waals surface area (Å²) >= 11 is 0. The van der Waals surface area contributed by atoms with E-state index in [0.717, 1.165) is 5.56 Å². The lowest BCUT2D eigenvalue weighted by atomic mass is 10.0. The van der Waals surface area contributed by atoms with Gasteiger partial charge in [0.2, 0.25) is 15.9 Å². The van der Waals surface area contributed by atoms with Crippen molar-refractivity contribution in [2.75, 3.05) is 13.1 Å². The molecule has 7 heteroatoms. The smallest absolute Gasteiger partial charge is 0.248 e. The van der Waals surface area contributed by atoms with Crippen molar-refractivity contribution in [1.82, 2.24) is 4.31 Å². The molecule has 0 amide bonds. The molecule has 0 bridgehead atoms. The molecular formula is C14H17F2N2O2S-. The van der Waals surface area contributed by atoms with Gasteiger partial charge in [0.25, 0.3) is 0 Å². The first-order chi connectivity index (χ1) is 9.82. The molecule has 1 aliphatic carbocycles. The van der Waals surface area contributed by atoms with Gasteiger partial charge in [-0.15, -0.1) is 6.54 Å². The van der Waals surface area contributed by atoms with Crippen LogP contribution >= 0.6 is 0 Å². The molecule has 2 aliphatic rings. The average Bonchev–Trinajstić information content (AvgIpc) is 2.92. The summed E-state index contributed by atoms with van der Waals surface area (Å²) in [5.41, 5.74) is 7.97. The van der Waals surface area contributed by atoms with Crippen molar-refractivity contribution in [3.8, 4) is 0 Å². The first-order valence-electron chi connectivity index (χ1n) is 6.93. The van der Waals surface area contributed by atoms with E-state index in [-0.39, 0.29) is 49.2 Å². The van der Waals surface area contributed by atoms with Gasteiger partial charge in [0.15, 0.2) is 0 Å². The van der Waals surface area contributed by atoms with E-state index in [9.17, 15) is 17.2 Å². The van der Waals surface area contributed by atoms with Gasteiger partial charge in [-0.25, -0.2) is 17.2 Å². The normalized spacial score (nSPS) is 28.7. The molecule has 116 valence electrons. The lowest BCUT2D eigenvalue weighted by Crippen LogP contribution is -2.31. The molecule has 2 fully saturated rings. The number of hydrogen-bond acceptors (Lipinski definition) is 2. The Morgan fingerprint density at radius 2 is 1.67 bits per heavy atom. The van der Waals surface area contributed by atoms with Gasteiger partial charge < -0.3 is 5.73 Å². The van der Waals surface area contributed by atoms with Gasteiger partial charge in [0.05, 0.1) is 4.90 Å². The number of fused-ring (bicyclic) bond motifs is 1. The second-order valence-corrected chi connectivity index (χ2v) is 7.87. The highest BCUT2D eigenvalue weighted by Gasteiger charge is 2.52. The quantitative estimate of drug-likeness (QED) is 0.861. The zero-order valence-electron chi connectivity index (χ0n) is 11.4. The molecule has 4 nitrogen and oxygen atoms in total. The average molecular weight is 315 g/mol. The lowest BCUT2D eigenvalue weighted by Gasteiger charge is -2.19. The number of sulfonamides is 1. The predicted molar refractivity (Wildman–Crippen MR) is 74.4 cm³/mol. The molecule has 1 saturated carbocycles. The molecule has 1 aromatic rings. The van der Waals surface area contributed by atoms with E-state index in [0.29, 0.717) is 0 Å². The number of nitrogens with one attached hydrogen (secondary N) is 1. The SMILES string of the molecule is [NH-]Cc1ccc(S(=O)(=O)N2C[C@@H]3CC(F)(F)C[C@@H]3C2)cc1. The molecule has 0 spiro atoms. The van der Waals surface area contributed by atoms with E-state index in [1.165, 1.54) is 16.4 Å². The fraction of sp³-hybridized carbons (Fsp3) is 0.571. The molecule has 1 saturated heterocycles. The zero-order chi connectivity index (χ0) is 15.3. The third-order valence-corrected chi connectivity index (χ3v) is 6.28. The van der Waals surface area contributed by atoms with Crippen LogP contribution in [0, 0.1) is 11.8 Å². The van der Waals surface area contributed by atoms with Crippen LogP contribution in [0.25, 0.3) is 5.73 Å². The predicted octanol–water partition coefficient (Wildman–Crippen LogP) is 2.90. The Bertz CT molecular complexity index is 615. The second kappa shape index (κ2) is 5.00. The largest absolute Gasteiger partial charge is 0.674 e. The highest BCUT2D eigenvalue weighted by Crippen LogP contribution is 2.47. The molecular weight excluding hydrogens is 298 g/mol. The van der Waals surface area contributed by atoms with Crippen molar-refractivity contribution >= 4 is 10.0 Å². The second-order valence-electron chi connectivity index (χ2n) is 5.93. The van der Waals surface area contributed by atoms with Gasteiger partial charge in [-0.3, -0.25) is 0 Å². The van der Waals surface area contributed by atoms with E-state index in [4.69, 9.17) is 5.73 Å². The highest BCUT2D eigenvalue weighted by atomic mass is 32.2. The van der Waals surface area contributed by atoms with E-state index in [2.05, 4.69) is 0 Å². The van der Waals surface area contributed by atoms with Crippen molar-refractivity contribution in [2.45, 2.75) is 30.2 Å². The molecule has 0 unspecified atom stereocenters. The Hall–Kier alpha value is -1.05. The third-order valence-electron chi connectivity index (χ3n) is 4.43. The van der Waals surface area contributed by atoms with Crippen LogP contribution in [0.2, 0.25) is 0 Å². The maximum atomic E-state index is 13.3. The summed E-state index contributed by atoms with van der Waals surface area (Å²) in [5, 5.41) is 0. The number of halogens is 2. The van der Waals surface area contributed by atoms with Crippen molar-refractivity contribution in [2.24, 2.45) is 11.8 Å². The summed E-state index contributed by atoms with van der Waals surface area (Å²) in [5.74, 6) is -3.11. The van der Waals surface area contributed by atoms with Crippen molar-refractivity contribution in [3.63, 3.8) is 0 Å². The first kappa shape index (κ1) is 14.9. The van der Waals surface area contributed by atoms with Gasteiger partial charge in [-0.1, -0.05) is 17.7 Å². The fourth-order valence-electron chi connectivity index (χ4n) is 3.33. The number of hydrogen-bond donors (Lipinski definition) is 0. The third kappa shape index (κ3) is 2.69. The number of rotatable bonds is 3. The van der Waals surface area contributed by atoms with Crippen LogP contribution in [0.4, 0.5) is 8.78 Å². The van der Waals surface area contributed by atoms with Crippen LogP contribution < -0.4 is 0 Å². The Balaban J connectivity index is 1.78. The van der Waals surface area contributed by atoms with Crippen LogP contribution in [-0.4, -0.2) is 31.7 Å². The number of nitrogens with zero attached hydrogens (tertiary/aromatic N) is 1. The van der Waals surface area contributed by atoms with Crippen LogP contribution in [0.5, 0.6) is 0 Å².